The smallest absolute Gasteiger partial charge is 0.132 e. The van der Waals surface area contributed by atoms with Gasteiger partial charge in [-0.1, -0.05) is 34.3 Å². The van der Waals surface area contributed by atoms with Crippen LogP contribution in [-0.4, -0.2) is 42.1 Å². The minimum absolute atomic E-state index is 0. The third kappa shape index (κ3) is 5.29. The van der Waals surface area contributed by atoms with E-state index in [9.17, 15) is 4.79 Å². The number of nitrogens with zero attached hydrogens (tertiary/aromatic N) is 3. The molecule has 1 N–H and O–H groups in total. The Labute approximate surface area is 192 Å². The van der Waals surface area contributed by atoms with Crippen molar-refractivity contribution in [3.63, 3.8) is 0 Å². The molecule has 0 radical (unpaired) electrons. The van der Waals surface area contributed by atoms with Crippen molar-refractivity contribution in [3.05, 3.63) is 41.9 Å². The van der Waals surface area contributed by atoms with Crippen molar-refractivity contribution in [2.75, 3.05) is 30.0 Å². The van der Waals surface area contributed by atoms with E-state index >= 15 is 0 Å². The summed E-state index contributed by atoms with van der Waals surface area (Å²) in [6.07, 6.45) is 9.68. The van der Waals surface area contributed by atoms with Crippen LogP contribution in [0, 0.1) is 5.92 Å². The normalized spacial score (nSPS) is 17.5. The average molecular weight is 439 g/mol. The molecule has 2 aromatic rings. The van der Waals surface area contributed by atoms with Crippen molar-refractivity contribution in [2.24, 2.45) is 5.92 Å². The van der Waals surface area contributed by atoms with E-state index in [2.05, 4.69) is 48.1 Å². The molecule has 0 amide bonds. The second-order valence-corrected chi connectivity index (χ2v) is 9.28. The lowest BCUT2D eigenvalue weighted by Crippen LogP contribution is -2.42. The molecule has 0 atom stereocenters. The summed E-state index contributed by atoms with van der Waals surface area (Å²) in [5.41, 5.74) is 3.71. The summed E-state index contributed by atoms with van der Waals surface area (Å²) in [7, 11) is 0. The molecule has 2 aliphatic rings. The predicted molar refractivity (Wildman–Crippen MR) is 131 cm³/mol. The quantitative estimate of drug-likeness (QED) is 0.537. The maximum atomic E-state index is 11.7. The number of aryl methyl sites for hydroxylation is 1. The zero-order chi connectivity index (χ0) is 21.8. The molecular weight excluding hydrogens is 400 g/mol. The molecule has 1 aliphatic carbocycles. The van der Waals surface area contributed by atoms with Crippen LogP contribution in [0.25, 0.3) is 0 Å². The van der Waals surface area contributed by atoms with Gasteiger partial charge in [0.2, 0.25) is 0 Å². The average Bonchev–Trinajstić information content (AvgIpc) is 3.60. The Kier molecular flexibility index (Phi) is 7.88. The lowest BCUT2D eigenvalue weighted by atomic mass is 10.0. The first-order chi connectivity index (χ1) is 15.0. The number of aromatic nitrogens is 2. The Morgan fingerprint density at radius 2 is 1.97 bits per heavy atom. The Morgan fingerprint density at radius 3 is 2.53 bits per heavy atom. The molecule has 32 heavy (non-hydrogen) atoms. The van der Waals surface area contributed by atoms with Gasteiger partial charge in [0.25, 0.3) is 0 Å². The van der Waals surface area contributed by atoms with E-state index < -0.39 is 5.41 Å². The number of hydrogen-bond donors (Lipinski definition) is 1. The van der Waals surface area contributed by atoms with E-state index in [1.54, 1.807) is 0 Å². The molecule has 4 rings (SSSR count). The number of carbonyl (C=O) groups excluding carboxylic acids is 1. The van der Waals surface area contributed by atoms with Gasteiger partial charge in [0.15, 0.2) is 0 Å². The molecule has 0 unspecified atom stereocenters. The van der Waals surface area contributed by atoms with Crippen molar-refractivity contribution in [1.29, 1.82) is 0 Å². The summed E-state index contributed by atoms with van der Waals surface area (Å²) in [5.74, 6) is 1.32. The molecule has 1 saturated carbocycles. The van der Waals surface area contributed by atoms with Gasteiger partial charge in [-0.3, -0.25) is 4.98 Å². The van der Waals surface area contributed by atoms with Gasteiger partial charge in [-0.15, -0.1) is 0 Å². The molecule has 3 heterocycles. The third-order valence-corrected chi connectivity index (χ3v) is 6.41. The summed E-state index contributed by atoms with van der Waals surface area (Å²) in [6.45, 7) is 9.16. The fourth-order valence-electron chi connectivity index (χ4n) is 4.30. The van der Waals surface area contributed by atoms with Crippen LogP contribution in [-0.2, 0) is 21.4 Å². The van der Waals surface area contributed by atoms with Crippen LogP contribution in [0.1, 0.15) is 65.1 Å². The maximum Gasteiger partial charge on any atom is 0.132 e. The molecule has 6 nitrogen and oxygen atoms in total. The van der Waals surface area contributed by atoms with Crippen molar-refractivity contribution in [3.8, 4) is 0 Å². The van der Waals surface area contributed by atoms with Gasteiger partial charge in [-0.25, -0.2) is 4.98 Å². The van der Waals surface area contributed by atoms with Crippen molar-refractivity contribution in [1.82, 2.24) is 9.97 Å². The van der Waals surface area contributed by atoms with Gasteiger partial charge in [0.1, 0.15) is 12.1 Å². The summed E-state index contributed by atoms with van der Waals surface area (Å²) in [6, 6.07) is 6.62. The fraction of sp³-hybridized carbons (Fsp3) is 0.577. The first kappa shape index (κ1) is 24.2. The van der Waals surface area contributed by atoms with E-state index in [0.717, 1.165) is 81.0 Å². The standard InChI is InChI=1S/C25H34N4O2.CH4/c1-4-19-5-6-24(27-14-19)28-21-13-23(25(17-30)9-10-25)26-15-22(21)29(16-18(2)3)20-7-11-31-12-8-20;/h5-6,13-15,17-18,20H,4,7-12,16H2,1-3H3,(H,26,27,28);1H4. The minimum atomic E-state index is -0.407. The Balaban J connectivity index is 0.00000289. The Hall–Kier alpha value is -2.47. The van der Waals surface area contributed by atoms with Crippen LogP contribution in [0.5, 0.6) is 0 Å². The first-order valence-electron chi connectivity index (χ1n) is 11.6. The van der Waals surface area contributed by atoms with Crippen LogP contribution < -0.4 is 10.2 Å². The number of carbonyl (C=O) groups is 1. The van der Waals surface area contributed by atoms with Gasteiger partial charge in [0, 0.05) is 32.0 Å². The molecule has 0 spiro atoms. The van der Waals surface area contributed by atoms with Crippen molar-refractivity contribution in [2.45, 2.75) is 71.8 Å². The molecule has 2 fully saturated rings. The Bertz CT molecular complexity index is 887. The van der Waals surface area contributed by atoms with Gasteiger partial charge in [0.05, 0.1) is 28.7 Å². The van der Waals surface area contributed by atoms with Gasteiger partial charge in [-0.05, 0) is 55.7 Å². The summed E-state index contributed by atoms with van der Waals surface area (Å²) in [5, 5.41) is 3.54. The van der Waals surface area contributed by atoms with E-state index in [-0.39, 0.29) is 7.43 Å². The number of aldehydes is 1. The molecule has 1 saturated heterocycles. The largest absolute Gasteiger partial charge is 0.381 e. The zero-order valence-corrected chi connectivity index (χ0v) is 18.9. The lowest BCUT2D eigenvalue weighted by molar-refractivity contribution is -0.109. The second kappa shape index (κ2) is 10.4. The highest BCUT2D eigenvalue weighted by Gasteiger charge is 2.46. The molecule has 174 valence electrons. The van der Waals surface area contributed by atoms with Gasteiger partial charge >= 0.3 is 0 Å². The van der Waals surface area contributed by atoms with Crippen LogP contribution in [0.4, 0.5) is 17.2 Å². The Morgan fingerprint density at radius 1 is 1.22 bits per heavy atom. The van der Waals surface area contributed by atoms with Crippen LogP contribution in [0.2, 0.25) is 0 Å². The van der Waals surface area contributed by atoms with Crippen molar-refractivity contribution >= 4 is 23.5 Å². The highest BCUT2D eigenvalue weighted by Crippen LogP contribution is 2.47. The SMILES string of the molecule is C.CCc1ccc(Nc2cc(C3(C=O)CC3)ncc2N(CC(C)C)C2CCOCC2)nc1. The lowest BCUT2D eigenvalue weighted by Gasteiger charge is -2.38. The number of hydrogen-bond acceptors (Lipinski definition) is 6. The third-order valence-electron chi connectivity index (χ3n) is 6.41. The molecule has 6 heteroatoms. The van der Waals surface area contributed by atoms with Crippen LogP contribution >= 0.6 is 0 Å². The number of anilines is 3. The second-order valence-electron chi connectivity index (χ2n) is 9.28. The molecule has 1 aliphatic heterocycles. The van der Waals surface area contributed by atoms with Crippen LogP contribution in [0.3, 0.4) is 0 Å². The van der Waals surface area contributed by atoms with Gasteiger partial charge < -0.3 is 19.7 Å². The van der Waals surface area contributed by atoms with E-state index in [4.69, 9.17) is 9.72 Å². The minimum Gasteiger partial charge on any atom is -0.381 e. The summed E-state index contributed by atoms with van der Waals surface area (Å²) < 4.78 is 5.62. The summed E-state index contributed by atoms with van der Waals surface area (Å²) in [4.78, 5) is 23.6. The topological polar surface area (TPSA) is 67.4 Å². The number of nitrogens with one attached hydrogen (secondary N) is 1. The van der Waals surface area contributed by atoms with Gasteiger partial charge in [-0.2, -0.15) is 0 Å². The molecular formula is C26H38N4O2. The van der Waals surface area contributed by atoms with E-state index in [1.807, 2.05) is 18.5 Å². The number of rotatable bonds is 9. The predicted octanol–water partition coefficient (Wildman–Crippen LogP) is 5.29. The van der Waals surface area contributed by atoms with Crippen LogP contribution in [0.15, 0.2) is 30.6 Å². The van der Waals surface area contributed by atoms with E-state index in [1.165, 1.54) is 5.56 Å². The molecule has 0 bridgehead atoms. The monoisotopic (exact) mass is 438 g/mol. The highest BCUT2D eigenvalue weighted by atomic mass is 16.5. The fourth-order valence-corrected chi connectivity index (χ4v) is 4.30. The molecule has 0 aromatic carbocycles. The summed E-state index contributed by atoms with van der Waals surface area (Å²) >= 11 is 0. The highest BCUT2D eigenvalue weighted by molar-refractivity contribution is 5.78. The van der Waals surface area contributed by atoms with E-state index in [0.29, 0.717) is 12.0 Å². The first-order valence-corrected chi connectivity index (χ1v) is 11.6. The maximum absolute atomic E-state index is 11.7. The number of pyridine rings is 2. The zero-order valence-electron chi connectivity index (χ0n) is 18.9. The van der Waals surface area contributed by atoms with Crippen molar-refractivity contribution < 1.29 is 9.53 Å². The molecule has 2 aromatic heterocycles. The number of ether oxygens (including phenoxy) is 1.